The van der Waals surface area contributed by atoms with Gasteiger partial charge in [0.25, 0.3) is 0 Å². The molecule has 1 aliphatic heterocycles. The SMILES string of the molecule is CCC(C)(C)C(=O)OCC1C(C)C23CC12OC(=O)O3. The van der Waals surface area contributed by atoms with Crippen LogP contribution in [0.25, 0.3) is 0 Å². The molecule has 106 valence electrons. The maximum atomic E-state index is 12.0. The molecular weight excluding hydrogens is 248 g/mol. The zero-order valence-electron chi connectivity index (χ0n) is 11.8. The quantitative estimate of drug-likeness (QED) is 0.732. The first-order valence-corrected chi connectivity index (χ1v) is 6.88. The highest BCUT2D eigenvalue weighted by Crippen LogP contribution is 2.77. The van der Waals surface area contributed by atoms with Gasteiger partial charge in [-0.3, -0.25) is 4.79 Å². The predicted octanol–water partition coefficient (Wildman–Crippen LogP) is 2.28. The monoisotopic (exact) mass is 268 g/mol. The van der Waals surface area contributed by atoms with Crippen LogP contribution in [-0.4, -0.2) is 29.9 Å². The smallest absolute Gasteiger partial charge is 0.465 e. The molecule has 5 heteroatoms. The minimum Gasteiger partial charge on any atom is -0.465 e. The Morgan fingerprint density at radius 3 is 2.68 bits per heavy atom. The summed E-state index contributed by atoms with van der Waals surface area (Å²) in [7, 11) is 0. The Labute approximate surface area is 112 Å². The highest BCUT2D eigenvalue weighted by molar-refractivity contribution is 5.76. The number of hydrogen-bond acceptors (Lipinski definition) is 5. The van der Waals surface area contributed by atoms with E-state index in [2.05, 4.69) is 0 Å². The van der Waals surface area contributed by atoms with Gasteiger partial charge in [0.1, 0.15) is 0 Å². The van der Waals surface area contributed by atoms with Gasteiger partial charge in [0.2, 0.25) is 0 Å². The van der Waals surface area contributed by atoms with Gasteiger partial charge in [-0.05, 0) is 20.3 Å². The van der Waals surface area contributed by atoms with Crippen LogP contribution in [0.5, 0.6) is 0 Å². The molecule has 3 rings (SSSR count). The van der Waals surface area contributed by atoms with Crippen LogP contribution in [0.4, 0.5) is 4.79 Å². The molecule has 19 heavy (non-hydrogen) atoms. The van der Waals surface area contributed by atoms with E-state index in [1.807, 2.05) is 27.7 Å². The van der Waals surface area contributed by atoms with Crippen molar-refractivity contribution >= 4 is 12.1 Å². The van der Waals surface area contributed by atoms with E-state index < -0.39 is 22.8 Å². The molecule has 2 aliphatic carbocycles. The molecule has 0 bridgehead atoms. The molecule has 1 saturated heterocycles. The van der Waals surface area contributed by atoms with E-state index >= 15 is 0 Å². The van der Waals surface area contributed by atoms with E-state index in [1.54, 1.807) is 0 Å². The Morgan fingerprint density at radius 1 is 1.42 bits per heavy atom. The van der Waals surface area contributed by atoms with E-state index in [0.29, 0.717) is 6.61 Å². The summed E-state index contributed by atoms with van der Waals surface area (Å²) in [5.74, 6) is 0.0639. The predicted molar refractivity (Wildman–Crippen MR) is 65.3 cm³/mol. The van der Waals surface area contributed by atoms with Crippen LogP contribution in [0.2, 0.25) is 0 Å². The van der Waals surface area contributed by atoms with Crippen LogP contribution in [0.15, 0.2) is 0 Å². The summed E-state index contributed by atoms with van der Waals surface area (Å²) in [5, 5.41) is 0. The standard InChI is InChI=1S/C14H20O5/c1-5-12(3,4)10(15)17-6-9-8(2)13-7-14(9,13)19-11(16)18-13/h8-9H,5-7H2,1-4H3. The maximum absolute atomic E-state index is 12.0. The summed E-state index contributed by atoms with van der Waals surface area (Å²) in [6.07, 6.45) is 0.895. The minimum atomic E-state index is -0.583. The van der Waals surface area contributed by atoms with Crippen molar-refractivity contribution in [2.24, 2.45) is 17.3 Å². The summed E-state index contributed by atoms with van der Waals surface area (Å²) in [5.41, 5.74) is -1.38. The average molecular weight is 268 g/mol. The molecular formula is C14H20O5. The lowest BCUT2D eigenvalue weighted by molar-refractivity contribution is -0.163. The van der Waals surface area contributed by atoms with Crippen molar-refractivity contribution in [3.05, 3.63) is 0 Å². The van der Waals surface area contributed by atoms with Gasteiger partial charge in [0.15, 0.2) is 11.2 Å². The average Bonchev–Trinajstić information content (AvgIpc) is 2.82. The van der Waals surface area contributed by atoms with Crippen LogP contribution < -0.4 is 0 Å². The maximum Gasteiger partial charge on any atom is 0.509 e. The first-order chi connectivity index (χ1) is 8.79. The molecule has 4 atom stereocenters. The Kier molecular flexibility index (Phi) is 2.31. The fourth-order valence-corrected chi connectivity index (χ4v) is 3.49. The second-order valence-electron chi connectivity index (χ2n) is 6.64. The van der Waals surface area contributed by atoms with E-state index in [-0.39, 0.29) is 17.8 Å². The van der Waals surface area contributed by atoms with Gasteiger partial charge in [-0.2, -0.15) is 0 Å². The van der Waals surface area contributed by atoms with Gasteiger partial charge in [0, 0.05) is 18.3 Å². The lowest BCUT2D eigenvalue weighted by atomic mass is 9.70. The van der Waals surface area contributed by atoms with Gasteiger partial charge >= 0.3 is 12.1 Å². The third-order valence-electron chi connectivity index (χ3n) is 5.42. The molecule has 0 radical (unpaired) electrons. The lowest BCUT2D eigenvalue weighted by Gasteiger charge is -2.41. The van der Waals surface area contributed by atoms with E-state index in [4.69, 9.17) is 14.2 Å². The van der Waals surface area contributed by atoms with Crippen molar-refractivity contribution in [2.45, 2.75) is 51.7 Å². The molecule has 3 aliphatic rings. The Hall–Kier alpha value is -1.26. The third kappa shape index (κ3) is 1.36. The van der Waals surface area contributed by atoms with Crippen molar-refractivity contribution in [3.63, 3.8) is 0 Å². The normalized spacial score (nSPS) is 42.4. The van der Waals surface area contributed by atoms with Gasteiger partial charge in [0.05, 0.1) is 12.0 Å². The topological polar surface area (TPSA) is 61.8 Å². The van der Waals surface area contributed by atoms with Crippen molar-refractivity contribution < 1.29 is 23.8 Å². The van der Waals surface area contributed by atoms with Gasteiger partial charge < -0.3 is 14.2 Å². The fraction of sp³-hybridized carbons (Fsp3) is 0.857. The Balaban J connectivity index is 1.61. The second kappa shape index (κ2) is 3.44. The van der Waals surface area contributed by atoms with Gasteiger partial charge in [-0.15, -0.1) is 0 Å². The summed E-state index contributed by atoms with van der Waals surface area (Å²) < 4.78 is 16.0. The highest BCUT2D eigenvalue weighted by Gasteiger charge is 2.93. The van der Waals surface area contributed by atoms with E-state index in [9.17, 15) is 9.59 Å². The number of rotatable bonds is 4. The number of carbonyl (C=O) groups excluding carboxylic acids is 2. The number of hydrogen-bond donors (Lipinski definition) is 0. The molecule has 0 aromatic carbocycles. The fourth-order valence-electron chi connectivity index (χ4n) is 3.49. The first kappa shape index (κ1) is 12.8. The molecule has 4 unspecified atom stereocenters. The van der Waals surface area contributed by atoms with Crippen LogP contribution in [0.3, 0.4) is 0 Å². The number of esters is 1. The molecule has 0 spiro atoms. The molecule has 2 saturated carbocycles. The highest BCUT2D eigenvalue weighted by atomic mass is 16.8. The van der Waals surface area contributed by atoms with Crippen molar-refractivity contribution in [1.29, 1.82) is 0 Å². The van der Waals surface area contributed by atoms with E-state index in [0.717, 1.165) is 12.8 Å². The molecule has 0 aromatic rings. The van der Waals surface area contributed by atoms with Crippen molar-refractivity contribution in [1.82, 2.24) is 0 Å². The van der Waals surface area contributed by atoms with Crippen molar-refractivity contribution in [3.8, 4) is 0 Å². The second-order valence-corrected chi connectivity index (χ2v) is 6.64. The van der Waals surface area contributed by atoms with Gasteiger partial charge in [-0.25, -0.2) is 4.79 Å². The molecule has 3 fully saturated rings. The van der Waals surface area contributed by atoms with Crippen LogP contribution in [0, 0.1) is 17.3 Å². The molecule has 0 aromatic heterocycles. The molecule has 1 heterocycles. The van der Waals surface area contributed by atoms with Gasteiger partial charge in [-0.1, -0.05) is 13.8 Å². The Bertz CT molecular complexity index is 457. The number of carbonyl (C=O) groups is 2. The minimum absolute atomic E-state index is 0.0653. The Morgan fingerprint density at radius 2 is 2.05 bits per heavy atom. The summed E-state index contributed by atoms with van der Waals surface area (Å²) >= 11 is 0. The largest absolute Gasteiger partial charge is 0.509 e. The zero-order valence-corrected chi connectivity index (χ0v) is 11.8. The zero-order chi connectivity index (χ0) is 14.1. The summed E-state index contributed by atoms with van der Waals surface area (Å²) in [6.45, 7) is 8.04. The van der Waals surface area contributed by atoms with Crippen LogP contribution in [-0.2, 0) is 19.0 Å². The molecule has 5 nitrogen and oxygen atoms in total. The summed E-state index contributed by atoms with van der Waals surface area (Å²) in [6, 6.07) is 0. The number of ether oxygens (including phenoxy) is 3. The van der Waals surface area contributed by atoms with Crippen LogP contribution in [0.1, 0.15) is 40.5 Å². The van der Waals surface area contributed by atoms with E-state index in [1.165, 1.54) is 0 Å². The lowest BCUT2D eigenvalue weighted by Crippen LogP contribution is -2.54. The molecule has 0 amide bonds. The van der Waals surface area contributed by atoms with Crippen LogP contribution >= 0.6 is 0 Å². The molecule has 0 N–H and O–H groups in total. The first-order valence-electron chi connectivity index (χ1n) is 6.88. The third-order valence-corrected chi connectivity index (χ3v) is 5.42. The van der Waals surface area contributed by atoms with Crippen molar-refractivity contribution in [2.75, 3.05) is 6.61 Å². The summed E-state index contributed by atoms with van der Waals surface area (Å²) in [4.78, 5) is 23.2.